The summed E-state index contributed by atoms with van der Waals surface area (Å²) in [7, 11) is 0. The van der Waals surface area contributed by atoms with E-state index in [0.717, 1.165) is 0 Å². The molecule has 10 heavy (non-hydrogen) atoms. The zero-order valence-corrected chi connectivity index (χ0v) is 8.14. The van der Waals surface area contributed by atoms with Crippen molar-refractivity contribution in [3.63, 3.8) is 0 Å². The van der Waals surface area contributed by atoms with Crippen molar-refractivity contribution in [1.82, 2.24) is 4.90 Å². The molecule has 0 unspecified atom stereocenters. The molecule has 1 fully saturated rings. The van der Waals surface area contributed by atoms with Crippen LogP contribution in [0, 0.1) is 0 Å². The minimum absolute atomic E-state index is 1.26. The lowest BCUT2D eigenvalue weighted by Gasteiger charge is -2.24. The summed E-state index contributed by atoms with van der Waals surface area (Å²) in [5.74, 6) is 2.51. The Hall–Kier alpha value is 0.660. The van der Waals surface area contributed by atoms with E-state index in [0.29, 0.717) is 0 Å². The average Bonchev–Trinajstić information content (AvgIpc) is 2.03. The van der Waals surface area contributed by atoms with Crippen molar-refractivity contribution in [1.29, 1.82) is 0 Å². The van der Waals surface area contributed by atoms with E-state index in [1.165, 1.54) is 36.2 Å². The fourth-order valence-electron chi connectivity index (χ4n) is 0.940. The molecule has 1 aliphatic rings. The predicted molar refractivity (Wildman–Crippen MR) is 51.4 cm³/mol. The Kier molecular flexibility index (Phi) is 4.66. The molecule has 0 aromatic rings. The molecule has 1 aliphatic heterocycles. The molecular weight excluding hydrogens is 162 g/mol. The molecule has 0 saturated carbocycles. The Morgan fingerprint density at radius 3 is 2.60 bits per heavy atom. The molecule has 0 atom stereocenters. The van der Waals surface area contributed by atoms with Gasteiger partial charge < -0.3 is 0 Å². The molecule has 1 nitrogen and oxygen atoms in total. The van der Waals surface area contributed by atoms with Crippen LogP contribution in [0.5, 0.6) is 0 Å². The molecule has 0 aliphatic carbocycles. The largest absolute Gasteiger partial charge is 0.285 e. The Morgan fingerprint density at radius 1 is 1.30 bits per heavy atom. The van der Waals surface area contributed by atoms with Crippen molar-refractivity contribution in [2.75, 3.05) is 23.4 Å². The van der Waals surface area contributed by atoms with Gasteiger partial charge in [-0.05, 0) is 13.0 Å². The van der Waals surface area contributed by atoms with Crippen LogP contribution in [0.3, 0.4) is 0 Å². The highest BCUT2D eigenvalue weighted by atomic mass is 32.2. The fraction of sp³-hybridized carbons (Fsp3) is 1.00. The molecular formula is C7H15NS2. The Morgan fingerprint density at radius 2 is 2.00 bits per heavy atom. The number of unbranched alkanes of at least 4 members (excludes halogenated alkanes) is 1. The summed E-state index contributed by atoms with van der Waals surface area (Å²) in [6, 6.07) is 0. The second-order valence-corrected chi connectivity index (χ2v) is 4.81. The summed E-state index contributed by atoms with van der Waals surface area (Å²) in [5.41, 5.74) is 0. The molecule has 1 saturated heterocycles. The summed E-state index contributed by atoms with van der Waals surface area (Å²) in [5, 5.41) is 1.29. The number of thioether (sulfide) groups is 2. The number of hydrogen-bond acceptors (Lipinski definition) is 3. The van der Waals surface area contributed by atoms with E-state index in [4.69, 9.17) is 0 Å². The highest BCUT2D eigenvalue weighted by molar-refractivity contribution is 8.16. The van der Waals surface area contributed by atoms with Gasteiger partial charge in [0.05, 0.1) is 0 Å². The lowest BCUT2D eigenvalue weighted by atomic mass is 10.3. The van der Waals surface area contributed by atoms with Gasteiger partial charge in [0.15, 0.2) is 0 Å². The van der Waals surface area contributed by atoms with E-state index in [-0.39, 0.29) is 0 Å². The maximum Gasteiger partial charge on any atom is 0.0460 e. The summed E-state index contributed by atoms with van der Waals surface area (Å²) in [4.78, 5) is 2.53. The summed E-state index contributed by atoms with van der Waals surface area (Å²) < 4.78 is 0. The first-order chi connectivity index (χ1) is 4.93. The van der Waals surface area contributed by atoms with Gasteiger partial charge in [0.2, 0.25) is 0 Å². The Bertz CT molecular complexity index is 81.7. The fourth-order valence-corrected chi connectivity index (χ4v) is 3.08. The van der Waals surface area contributed by atoms with E-state index in [1.807, 2.05) is 23.5 Å². The topological polar surface area (TPSA) is 3.24 Å². The van der Waals surface area contributed by atoms with Gasteiger partial charge in [0.25, 0.3) is 0 Å². The normalized spacial score (nSPS) is 21.3. The number of hydrogen-bond donors (Lipinski definition) is 0. The molecule has 0 bridgehead atoms. The van der Waals surface area contributed by atoms with Crippen LogP contribution in [0.15, 0.2) is 0 Å². The van der Waals surface area contributed by atoms with E-state index in [1.54, 1.807) is 0 Å². The SMILES string of the molecule is CCCCN1CSCSC1. The van der Waals surface area contributed by atoms with Crippen LogP contribution in [-0.4, -0.2) is 28.3 Å². The molecule has 0 aromatic heterocycles. The van der Waals surface area contributed by atoms with Crippen LogP contribution in [0.1, 0.15) is 19.8 Å². The summed E-state index contributed by atoms with van der Waals surface area (Å²) >= 11 is 4.08. The second kappa shape index (κ2) is 5.33. The van der Waals surface area contributed by atoms with E-state index in [9.17, 15) is 0 Å². The number of rotatable bonds is 3. The third-order valence-electron chi connectivity index (χ3n) is 1.54. The third kappa shape index (κ3) is 3.17. The standard InChI is InChI=1S/C7H15NS2/c1-2-3-4-8-5-9-7-10-6-8/h2-7H2,1H3. The third-order valence-corrected chi connectivity index (χ3v) is 3.97. The lowest BCUT2D eigenvalue weighted by molar-refractivity contribution is 0.367. The van der Waals surface area contributed by atoms with Crippen LogP contribution in [-0.2, 0) is 0 Å². The molecule has 0 radical (unpaired) electrons. The molecule has 0 aromatic carbocycles. The van der Waals surface area contributed by atoms with Crippen LogP contribution in [0.2, 0.25) is 0 Å². The molecule has 0 spiro atoms. The maximum atomic E-state index is 2.53. The van der Waals surface area contributed by atoms with Gasteiger partial charge in [-0.15, -0.1) is 23.5 Å². The van der Waals surface area contributed by atoms with Crippen molar-refractivity contribution in [3.05, 3.63) is 0 Å². The predicted octanol–water partition coefficient (Wildman–Crippen LogP) is 2.44. The highest BCUT2D eigenvalue weighted by Gasteiger charge is 2.08. The second-order valence-electron chi connectivity index (χ2n) is 2.53. The van der Waals surface area contributed by atoms with Crippen molar-refractivity contribution >= 4 is 23.5 Å². The van der Waals surface area contributed by atoms with Crippen LogP contribution < -0.4 is 0 Å². The first kappa shape index (κ1) is 8.75. The van der Waals surface area contributed by atoms with Crippen molar-refractivity contribution < 1.29 is 0 Å². The maximum absolute atomic E-state index is 2.53. The average molecular weight is 177 g/mol. The minimum Gasteiger partial charge on any atom is -0.285 e. The smallest absolute Gasteiger partial charge is 0.0460 e. The van der Waals surface area contributed by atoms with Gasteiger partial charge in [-0.25, -0.2) is 0 Å². The van der Waals surface area contributed by atoms with E-state index in [2.05, 4.69) is 11.8 Å². The van der Waals surface area contributed by atoms with Gasteiger partial charge in [-0.1, -0.05) is 13.3 Å². The van der Waals surface area contributed by atoms with E-state index < -0.39 is 0 Å². The minimum atomic E-state index is 1.26. The van der Waals surface area contributed by atoms with Gasteiger partial charge in [-0.2, -0.15) is 0 Å². The van der Waals surface area contributed by atoms with Gasteiger partial charge in [0, 0.05) is 16.8 Å². The van der Waals surface area contributed by atoms with Gasteiger partial charge in [-0.3, -0.25) is 4.90 Å². The molecule has 60 valence electrons. The van der Waals surface area contributed by atoms with Crippen molar-refractivity contribution in [2.24, 2.45) is 0 Å². The lowest BCUT2D eigenvalue weighted by Crippen LogP contribution is -2.26. The molecule has 0 N–H and O–H groups in total. The summed E-state index contributed by atoms with van der Waals surface area (Å²) in [6.07, 6.45) is 2.69. The Labute approximate surface area is 71.9 Å². The summed E-state index contributed by atoms with van der Waals surface area (Å²) in [6.45, 7) is 3.56. The zero-order chi connectivity index (χ0) is 7.23. The van der Waals surface area contributed by atoms with Crippen molar-refractivity contribution in [3.8, 4) is 0 Å². The molecule has 1 rings (SSSR count). The van der Waals surface area contributed by atoms with E-state index >= 15 is 0 Å². The van der Waals surface area contributed by atoms with Crippen molar-refractivity contribution in [2.45, 2.75) is 19.8 Å². The first-order valence-electron chi connectivity index (χ1n) is 3.81. The van der Waals surface area contributed by atoms with Gasteiger partial charge >= 0.3 is 0 Å². The first-order valence-corrected chi connectivity index (χ1v) is 6.12. The van der Waals surface area contributed by atoms with Crippen LogP contribution >= 0.6 is 23.5 Å². The Balaban J connectivity index is 2.02. The van der Waals surface area contributed by atoms with Crippen LogP contribution in [0.4, 0.5) is 0 Å². The highest BCUT2D eigenvalue weighted by Crippen LogP contribution is 2.21. The molecule has 0 amide bonds. The monoisotopic (exact) mass is 177 g/mol. The van der Waals surface area contributed by atoms with Crippen LogP contribution in [0.25, 0.3) is 0 Å². The number of nitrogens with zero attached hydrogens (tertiary/aromatic N) is 1. The molecule has 1 heterocycles. The quantitative estimate of drug-likeness (QED) is 0.652. The van der Waals surface area contributed by atoms with Gasteiger partial charge in [0.1, 0.15) is 0 Å². The molecule has 3 heteroatoms. The zero-order valence-electron chi connectivity index (χ0n) is 6.51.